The summed E-state index contributed by atoms with van der Waals surface area (Å²) in [6.07, 6.45) is 0.862. The summed E-state index contributed by atoms with van der Waals surface area (Å²) in [5.41, 5.74) is -0.357. The second-order valence-corrected chi connectivity index (χ2v) is 7.70. The maximum atomic E-state index is 12.9. The van der Waals surface area contributed by atoms with Crippen molar-refractivity contribution in [2.45, 2.75) is 13.3 Å². The van der Waals surface area contributed by atoms with Crippen LogP contribution in [0.25, 0.3) is 0 Å². The quantitative estimate of drug-likeness (QED) is 0.743. The third-order valence-corrected chi connectivity index (χ3v) is 6.57. The molecule has 1 aliphatic carbocycles. The molecule has 0 N–H and O–H groups in total. The Labute approximate surface area is 137 Å². The van der Waals surface area contributed by atoms with Crippen LogP contribution >= 0.6 is 0 Å². The number of nitrogens with zero attached hydrogens (tertiary/aromatic N) is 2. The van der Waals surface area contributed by atoms with E-state index in [1.54, 1.807) is 7.11 Å². The molecule has 4 rings (SSSR count). The van der Waals surface area contributed by atoms with E-state index in [2.05, 4.69) is 6.92 Å². The molecule has 4 aliphatic rings. The van der Waals surface area contributed by atoms with Crippen LogP contribution in [0.1, 0.15) is 13.3 Å². The minimum absolute atomic E-state index is 0.159. The Kier molecular flexibility index (Phi) is 3.65. The van der Waals surface area contributed by atoms with Gasteiger partial charge >= 0.3 is 0 Å². The Hall–Kier alpha value is -1.14. The number of fused-ring (bicyclic) bond motifs is 1. The Morgan fingerprint density at radius 1 is 1.39 bits per heavy atom. The summed E-state index contributed by atoms with van der Waals surface area (Å²) in [7, 11) is 1.66. The van der Waals surface area contributed by atoms with E-state index in [-0.39, 0.29) is 29.1 Å². The van der Waals surface area contributed by atoms with Gasteiger partial charge < -0.3 is 19.3 Å². The van der Waals surface area contributed by atoms with Crippen LogP contribution in [0.2, 0.25) is 0 Å². The molecule has 23 heavy (non-hydrogen) atoms. The number of carbonyl (C=O) groups is 2. The van der Waals surface area contributed by atoms with Crippen LogP contribution in [-0.4, -0.2) is 74.7 Å². The molecule has 4 fully saturated rings. The fraction of sp³-hybridized carbons (Fsp3) is 0.882. The standard InChI is InChI=1S/C17H26N2O4/c1-11-7-19(15(20)14-12-8-23-9-13(12)14)10-17(11)3-4-18(16(17)21)5-6-22-2/h11-14H,3-10H2,1-2H3/t11-,12-,13+,14?,17-/m1/s1. The van der Waals surface area contributed by atoms with Gasteiger partial charge in [0, 0.05) is 39.2 Å². The predicted molar refractivity (Wildman–Crippen MR) is 82.5 cm³/mol. The molecular weight excluding hydrogens is 296 g/mol. The molecule has 128 valence electrons. The SMILES string of the molecule is COCCN1CC[C@]2(CN(C(=O)C3[C@H]4COC[C@@H]34)C[C@H]2C)C1=O. The minimum Gasteiger partial charge on any atom is -0.383 e. The molecule has 1 spiro atoms. The van der Waals surface area contributed by atoms with Crippen molar-refractivity contribution in [3.8, 4) is 0 Å². The van der Waals surface area contributed by atoms with Gasteiger partial charge in [0.25, 0.3) is 0 Å². The third kappa shape index (κ3) is 2.22. The van der Waals surface area contributed by atoms with E-state index in [1.807, 2.05) is 9.80 Å². The number of ether oxygens (including phenoxy) is 2. The lowest BCUT2D eigenvalue weighted by atomic mass is 9.78. The lowest BCUT2D eigenvalue weighted by Gasteiger charge is -2.26. The molecule has 0 aromatic rings. The molecule has 5 atom stereocenters. The zero-order chi connectivity index (χ0) is 16.2. The molecule has 0 aromatic heterocycles. The smallest absolute Gasteiger partial charge is 0.231 e. The summed E-state index contributed by atoms with van der Waals surface area (Å²) >= 11 is 0. The molecule has 3 saturated heterocycles. The van der Waals surface area contributed by atoms with Crippen LogP contribution in [0.15, 0.2) is 0 Å². The summed E-state index contributed by atoms with van der Waals surface area (Å²) in [5, 5.41) is 0. The third-order valence-electron chi connectivity index (χ3n) is 6.57. The molecule has 1 unspecified atom stereocenters. The highest BCUT2D eigenvalue weighted by Crippen LogP contribution is 2.53. The van der Waals surface area contributed by atoms with E-state index in [0.717, 1.165) is 32.7 Å². The van der Waals surface area contributed by atoms with Gasteiger partial charge in [-0.2, -0.15) is 0 Å². The van der Waals surface area contributed by atoms with Crippen molar-refractivity contribution in [2.24, 2.45) is 29.1 Å². The van der Waals surface area contributed by atoms with Crippen LogP contribution in [0.3, 0.4) is 0 Å². The first kappa shape index (κ1) is 15.4. The number of hydrogen-bond donors (Lipinski definition) is 0. The van der Waals surface area contributed by atoms with Crippen molar-refractivity contribution >= 4 is 11.8 Å². The van der Waals surface area contributed by atoms with E-state index < -0.39 is 0 Å². The van der Waals surface area contributed by atoms with Gasteiger partial charge in [-0.05, 0) is 24.2 Å². The Bertz CT molecular complexity index is 515. The number of carbonyl (C=O) groups excluding carboxylic acids is 2. The first-order chi connectivity index (χ1) is 11.1. The number of hydrogen-bond acceptors (Lipinski definition) is 4. The van der Waals surface area contributed by atoms with Crippen LogP contribution < -0.4 is 0 Å². The number of rotatable bonds is 4. The molecule has 1 saturated carbocycles. The van der Waals surface area contributed by atoms with Crippen LogP contribution in [-0.2, 0) is 19.1 Å². The van der Waals surface area contributed by atoms with Crippen molar-refractivity contribution < 1.29 is 19.1 Å². The van der Waals surface area contributed by atoms with Crippen LogP contribution in [0, 0.1) is 29.1 Å². The fourth-order valence-electron chi connectivity index (χ4n) is 4.93. The average molecular weight is 322 g/mol. The van der Waals surface area contributed by atoms with E-state index in [0.29, 0.717) is 31.5 Å². The highest BCUT2D eigenvalue weighted by Gasteiger charge is 2.62. The summed E-state index contributed by atoms with van der Waals surface area (Å²) in [4.78, 5) is 29.6. The Morgan fingerprint density at radius 3 is 2.83 bits per heavy atom. The average Bonchev–Trinajstić information content (AvgIpc) is 2.87. The van der Waals surface area contributed by atoms with Crippen molar-refractivity contribution in [3.05, 3.63) is 0 Å². The first-order valence-corrected chi connectivity index (χ1v) is 8.73. The molecule has 0 bridgehead atoms. The monoisotopic (exact) mass is 322 g/mol. The molecule has 2 amide bonds. The Morgan fingerprint density at radius 2 is 2.13 bits per heavy atom. The van der Waals surface area contributed by atoms with Crippen LogP contribution in [0.5, 0.6) is 0 Å². The molecule has 3 aliphatic heterocycles. The zero-order valence-corrected chi connectivity index (χ0v) is 14.0. The maximum Gasteiger partial charge on any atom is 0.231 e. The maximum absolute atomic E-state index is 12.9. The van der Waals surface area contributed by atoms with Crippen LogP contribution in [0.4, 0.5) is 0 Å². The highest BCUT2D eigenvalue weighted by molar-refractivity contribution is 5.89. The fourth-order valence-corrected chi connectivity index (χ4v) is 4.93. The molecule has 0 radical (unpaired) electrons. The second-order valence-electron chi connectivity index (χ2n) is 7.70. The van der Waals surface area contributed by atoms with Gasteiger partial charge in [0.2, 0.25) is 11.8 Å². The summed E-state index contributed by atoms with van der Waals surface area (Å²) in [5.74, 6) is 1.75. The van der Waals surface area contributed by atoms with E-state index in [4.69, 9.17) is 9.47 Å². The second kappa shape index (κ2) is 5.45. The van der Waals surface area contributed by atoms with Crippen molar-refractivity contribution in [3.63, 3.8) is 0 Å². The van der Waals surface area contributed by atoms with Gasteiger partial charge in [0.15, 0.2) is 0 Å². The lowest BCUT2D eigenvalue weighted by molar-refractivity contribution is -0.138. The summed E-state index contributed by atoms with van der Waals surface area (Å²) in [6, 6.07) is 0. The number of amides is 2. The molecule has 0 aromatic carbocycles. The minimum atomic E-state index is -0.357. The van der Waals surface area contributed by atoms with Gasteiger partial charge in [-0.1, -0.05) is 6.92 Å². The normalized spacial score (nSPS) is 41.9. The molecule has 3 heterocycles. The summed E-state index contributed by atoms with van der Waals surface area (Å²) < 4.78 is 10.5. The largest absolute Gasteiger partial charge is 0.383 e. The molecule has 6 nitrogen and oxygen atoms in total. The predicted octanol–water partition coefficient (Wildman–Crippen LogP) is 0.222. The zero-order valence-electron chi connectivity index (χ0n) is 14.0. The molecule has 6 heteroatoms. The Balaban J connectivity index is 1.43. The van der Waals surface area contributed by atoms with Gasteiger partial charge in [-0.3, -0.25) is 9.59 Å². The van der Waals surface area contributed by atoms with Crippen molar-refractivity contribution in [1.82, 2.24) is 9.80 Å². The lowest BCUT2D eigenvalue weighted by Crippen LogP contribution is -2.41. The summed E-state index contributed by atoms with van der Waals surface area (Å²) in [6.45, 7) is 6.94. The number of likely N-dealkylation sites (tertiary alicyclic amines) is 2. The number of methoxy groups -OCH3 is 1. The van der Waals surface area contributed by atoms with E-state index in [1.165, 1.54) is 0 Å². The van der Waals surface area contributed by atoms with Gasteiger partial charge in [0.05, 0.1) is 25.2 Å². The first-order valence-electron chi connectivity index (χ1n) is 8.73. The van der Waals surface area contributed by atoms with Gasteiger partial charge in [0.1, 0.15) is 0 Å². The molecular formula is C17H26N2O4. The highest BCUT2D eigenvalue weighted by atomic mass is 16.5. The van der Waals surface area contributed by atoms with Gasteiger partial charge in [-0.15, -0.1) is 0 Å². The van der Waals surface area contributed by atoms with E-state index >= 15 is 0 Å². The van der Waals surface area contributed by atoms with E-state index in [9.17, 15) is 9.59 Å². The van der Waals surface area contributed by atoms with Crippen molar-refractivity contribution in [2.75, 3.05) is 53.1 Å². The van der Waals surface area contributed by atoms with Gasteiger partial charge in [-0.25, -0.2) is 0 Å². The topological polar surface area (TPSA) is 59.1 Å². The van der Waals surface area contributed by atoms with Crippen molar-refractivity contribution in [1.29, 1.82) is 0 Å².